The minimum Gasteiger partial charge on any atom is -0.458 e. The number of benzene rings is 1. The summed E-state index contributed by atoms with van der Waals surface area (Å²) in [5, 5.41) is 2.88. The van der Waals surface area contributed by atoms with Crippen LogP contribution in [0.2, 0.25) is 0 Å². The number of ether oxygens (including phenoxy) is 1. The number of allylic oxidation sites excluding steroid dienone is 1. The molecule has 1 N–H and O–H groups in total. The largest absolute Gasteiger partial charge is 0.458 e. The Morgan fingerprint density at radius 2 is 2.09 bits per heavy atom. The Kier molecular flexibility index (Phi) is 5.60. The molecule has 0 radical (unpaired) electrons. The van der Waals surface area contributed by atoms with Crippen LogP contribution in [0.1, 0.15) is 25.5 Å². The molecule has 0 spiro atoms. The molecule has 0 saturated carbocycles. The number of nitrogens with one attached hydrogen (secondary N) is 1. The number of urea groups is 1. The molecular formula is C17H19BrN2O3. The first-order valence-electron chi connectivity index (χ1n) is 7.31. The summed E-state index contributed by atoms with van der Waals surface area (Å²) in [7, 11) is 0. The number of halogens is 1. The van der Waals surface area contributed by atoms with E-state index >= 15 is 0 Å². The van der Waals surface area contributed by atoms with Gasteiger partial charge in [-0.3, -0.25) is 4.90 Å². The van der Waals surface area contributed by atoms with Gasteiger partial charge >= 0.3 is 12.0 Å². The van der Waals surface area contributed by atoms with Crippen molar-refractivity contribution in [3.63, 3.8) is 0 Å². The van der Waals surface area contributed by atoms with Crippen LogP contribution in [0.5, 0.6) is 0 Å². The van der Waals surface area contributed by atoms with E-state index in [4.69, 9.17) is 4.74 Å². The molecule has 0 aromatic heterocycles. The van der Waals surface area contributed by atoms with Crippen LogP contribution in [0.3, 0.4) is 0 Å². The van der Waals surface area contributed by atoms with Gasteiger partial charge in [-0.2, -0.15) is 0 Å². The Morgan fingerprint density at radius 1 is 1.43 bits per heavy atom. The molecule has 122 valence electrons. The lowest BCUT2D eigenvalue weighted by atomic mass is 9.95. The van der Waals surface area contributed by atoms with Crippen LogP contribution in [0.25, 0.3) is 0 Å². The molecule has 0 unspecified atom stereocenters. The Hall–Kier alpha value is -2.08. The first-order chi connectivity index (χ1) is 11.0. The quantitative estimate of drug-likeness (QED) is 0.629. The molecular weight excluding hydrogens is 360 g/mol. The van der Waals surface area contributed by atoms with Crippen LogP contribution in [0.4, 0.5) is 4.79 Å². The highest BCUT2D eigenvalue weighted by molar-refractivity contribution is 9.10. The highest BCUT2D eigenvalue weighted by Crippen LogP contribution is 2.31. The van der Waals surface area contributed by atoms with Gasteiger partial charge in [0.05, 0.1) is 11.6 Å². The summed E-state index contributed by atoms with van der Waals surface area (Å²) >= 11 is 3.38. The van der Waals surface area contributed by atoms with E-state index in [1.54, 1.807) is 6.92 Å². The zero-order valence-corrected chi connectivity index (χ0v) is 14.7. The van der Waals surface area contributed by atoms with Gasteiger partial charge in [-0.05, 0) is 31.5 Å². The zero-order chi connectivity index (χ0) is 17.0. The van der Waals surface area contributed by atoms with E-state index in [2.05, 4.69) is 27.8 Å². The van der Waals surface area contributed by atoms with Gasteiger partial charge in [-0.15, -0.1) is 0 Å². The average molecular weight is 379 g/mol. The normalized spacial score (nSPS) is 17.8. The molecule has 2 amide bonds. The van der Waals surface area contributed by atoms with E-state index in [9.17, 15) is 9.59 Å². The third-order valence-corrected chi connectivity index (χ3v) is 4.20. The van der Waals surface area contributed by atoms with Crippen LogP contribution in [0.15, 0.2) is 52.7 Å². The van der Waals surface area contributed by atoms with Crippen molar-refractivity contribution < 1.29 is 14.3 Å². The molecule has 5 nitrogen and oxygen atoms in total. The van der Waals surface area contributed by atoms with Gasteiger partial charge in [0.25, 0.3) is 0 Å². The summed E-state index contributed by atoms with van der Waals surface area (Å²) in [6.07, 6.45) is 1.52. The van der Waals surface area contributed by atoms with Crippen molar-refractivity contribution in [3.05, 3.63) is 58.2 Å². The summed E-state index contributed by atoms with van der Waals surface area (Å²) in [5.74, 6) is -0.450. The Morgan fingerprint density at radius 3 is 2.65 bits per heavy atom. The van der Waals surface area contributed by atoms with E-state index < -0.39 is 12.0 Å². The fourth-order valence-corrected chi connectivity index (χ4v) is 2.81. The molecule has 0 bridgehead atoms. The van der Waals surface area contributed by atoms with Crippen molar-refractivity contribution >= 4 is 27.9 Å². The van der Waals surface area contributed by atoms with Crippen LogP contribution < -0.4 is 5.32 Å². The molecule has 0 fully saturated rings. The Bertz CT molecular complexity index is 652. The molecule has 0 saturated heterocycles. The third-order valence-electron chi connectivity index (χ3n) is 3.67. The Labute approximate surface area is 144 Å². The molecule has 1 aromatic carbocycles. The lowest BCUT2D eigenvalue weighted by Gasteiger charge is -2.34. The van der Waals surface area contributed by atoms with Crippen molar-refractivity contribution in [1.29, 1.82) is 0 Å². The lowest BCUT2D eigenvalue weighted by molar-refractivity contribution is -0.138. The molecule has 6 heteroatoms. The predicted molar refractivity (Wildman–Crippen MR) is 91.7 cm³/mol. The van der Waals surface area contributed by atoms with Gasteiger partial charge in [-0.1, -0.05) is 40.7 Å². The first-order valence-corrected chi connectivity index (χ1v) is 8.11. The number of carbonyl (C=O) groups is 2. The number of rotatable bonds is 5. The van der Waals surface area contributed by atoms with Crippen molar-refractivity contribution in [2.75, 3.05) is 13.2 Å². The topological polar surface area (TPSA) is 58.6 Å². The lowest BCUT2D eigenvalue weighted by Crippen LogP contribution is -2.47. The Balaban J connectivity index is 2.47. The molecule has 1 heterocycles. The van der Waals surface area contributed by atoms with E-state index in [1.807, 2.05) is 31.2 Å². The van der Waals surface area contributed by atoms with Crippen molar-refractivity contribution in [1.82, 2.24) is 10.2 Å². The summed E-state index contributed by atoms with van der Waals surface area (Å²) in [6.45, 7) is 7.77. The molecule has 1 atom stereocenters. The second kappa shape index (κ2) is 7.46. The van der Waals surface area contributed by atoms with E-state index in [0.29, 0.717) is 17.8 Å². The summed E-state index contributed by atoms with van der Waals surface area (Å²) in [5.41, 5.74) is 1.87. The molecule has 2 rings (SSSR count). The summed E-state index contributed by atoms with van der Waals surface area (Å²) in [6, 6.07) is 6.72. The monoisotopic (exact) mass is 378 g/mol. The van der Waals surface area contributed by atoms with Gasteiger partial charge in [0, 0.05) is 16.7 Å². The number of hydrogen-bond acceptors (Lipinski definition) is 3. The number of esters is 1. The molecule has 0 aliphatic carbocycles. The van der Waals surface area contributed by atoms with E-state index in [0.717, 1.165) is 10.0 Å². The molecule has 1 aliphatic heterocycles. The number of hydrogen-bond donors (Lipinski definition) is 1. The molecule has 1 aliphatic rings. The van der Waals surface area contributed by atoms with Gasteiger partial charge < -0.3 is 10.1 Å². The fraction of sp³-hybridized carbons (Fsp3) is 0.294. The number of amides is 2. The van der Waals surface area contributed by atoms with Gasteiger partial charge in [-0.25, -0.2) is 9.59 Å². The van der Waals surface area contributed by atoms with Crippen LogP contribution >= 0.6 is 15.9 Å². The zero-order valence-electron chi connectivity index (χ0n) is 13.1. The predicted octanol–water partition coefficient (Wildman–Crippen LogP) is 3.54. The SMILES string of the molecule is C=CCOC(=O)C1=C(C)N(CC)C(=O)N[C@@H]1c1ccc(Br)cc1. The van der Waals surface area contributed by atoms with Crippen LogP contribution in [0, 0.1) is 0 Å². The van der Waals surface area contributed by atoms with Gasteiger partial charge in [0.1, 0.15) is 6.61 Å². The van der Waals surface area contributed by atoms with Gasteiger partial charge in [0.15, 0.2) is 0 Å². The van der Waals surface area contributed by atoms with Gasteiger partial charge in [0.2, 0.25) is 0 Å². The van der Waals surface area contributed by atoms with Crippen LogP contribution in [-0.4, -0.2) is 30.1 Å². The van der Waals surface area contributed by atoms with Crippen molar-refractivity contribution in [3.8, 4) is 0 Å². The maximum Gasteiger partial charge on any atom is 0.338 e. The maximum atomic E-state index is 12.5. The van der Waals surface area contributed by atoms with E-state index in [-0.39, 0.29) is 12.6 Å². The smallest absolute Gasteiger partial charge is 0.338 e. The minimum atomic E-state index is -0.532. The molecule has 1 aromatic rings. The average Bonchev–Trinajstić information content (AvgIpc) is 2.53. The second-order valence-electron chi connectivity index (χ2n) is 5.06. The summed E-state index contributed by atoms with van der Waals surface area (Å²) in [4.78, 5) is 26.3. The second-order valence-corrected chi connectivity index (χ2v) is 5.98. The first kappa shape index (κ1) is 17.3. The van der Waals surface area contributed by atoms with Crippen molar-refractivity contribution in [2.45, 2.75) is 19.9 Å². The summed E-state index contributed by atoms with van der Waals surface area (Å²) < 4.78 is 6.13. The fourth-order valence-electron chi connectivity index (χ4n) is 2.54. The van der Waals surface area contributed by atoms with Crippen LogP contribution in [-0.2, 0) is 9.53 Å². The number of nitrogens with zero attached hydrogens (tertiary/aromatic N) is 1. The third kappa shape index (κ3) is 3.64. The van der Waals surface area contributed by atoms with Crippen molar-refractivity contribution in [2.24, 2.45) is 0 Å². The highest BCUT2D eigenvalue weighted by Gasteiger charge is 2.35. The highest BCUT2D eigenvalue weighted by atomic mass is 79.9. The standard InChI is InChI=1S/C17H19BrN2O3/c1-4-10-23-16(21)14-11(3)20(5-2)17(22)19-15(14)12-6-8-13(18)9-7-12/h4,6-9,15H,1,5,10H2,2-3H3,(H,19,22)/t15-/m1/s1. The number of carbonyl (C=O) groups excluding carboxylic acids is 2. The maximum absolute atomic E-state index is 12.5. The minimum absolute atomic E-state index is 0.128. The molecule has 23 heavy (non-hydrogen) atoms. The van der Waals surface area contributed by atoms with E-state index in [1.165, 1.54) is 11.0 Å².